The molecule has 1 amide bonds. The summed E-state index contributed by atoms with van der Waals surface area (Å²) in [7, 11) is 10.1. The second-order valence-electron chi connectivity index (χ2n) is 37.7. The van der Waals surface area contributed by atoms with Gasteiger partial charge in [-0.25, -0.2) is 19.9 Å². The fraction of sp³-hybridized carbons (Fsp3) is 0.278. The predicted molar refractivity (Wildman–Crippen MR) is 561 cm³/mol. The topological polar surface area (TPSA) is 301 Å². The summed E-state index contributed by atoms with van der Waals surface area (Å²) in [6.07, 6.45) is 16.7. The van der Waals surface area contributed by atoms with Gasteiger partial charge in [0.2, 0.25) is 0 Å². The van der Waals surface area contributed by atoms with Gasteiger partial charge in [-0.1, -0.05) is 81.4 Å². The molecular weight excluding hydrogens is 1980 g/mol. The number of carbonyl (C=O) groups is 1. The predicted octanol–water partition coefficient (Wildman–Crippen LogP) is 20.9. The molecule has 0 saturated carbocycles. The molecule has 1 fully saturated rings. The lowest BCUT2D eigenvalue weighted by atomic mass is 9.97. The van der Waals surface area contributed by atoms with Gasteiger partial charge in [-0.15, -0.1) is 34.0 Å². The second kappa shape index (κ2) is 38.3. The van der Waals surface area contributed by atoms with Crippen molar-refractivity contribution in [3.63, 3.8) is 0 Å². The smallest absolute Gasteiger partial charge is 0.264 e. The molecule has 28 nitrogen and oxygen atoms in total. The number of hydrogen-bond donors (Lipinski definition) is 4. The van der Waals surface area contributed by atoms with Crippen LogP contribution in [0.25, 0.3) is 109 Å². The fourth-order valence-electron chi connectivity index (χ4n) is 21.9. The Morgan fingerprint density at radius 3 is 1.47 bits per heavy atom. The molecule has 23 heterocycles. The lowest BCUT2D eigenvalue weighted by Crippen LogP contribution is -2.61. The van der Waals surface area contributed by atoms with Gasteiger partial charge in [0, 0.05) is 300 Å². The van der Waals surface area contributed by atoms with E-state index in [9.17, 15) is 4.79 Å². The van der Waals surface area contributed by atoms with Gasteiger partial charge in [0.25, 0.3) is 5.91 Å². The molecule has 144 heavy (non-hydrogen) atoms. The van der Waals surface area contributed by atoms with Crippen LogP contribution in [0.1, 0.15) is 120 Å². The standard InChI is InChI=1S/C23H18ClN3O2.C22H19ClN4OS.C21H18ClN5O2.C21H18ClN5OS.C21H20ClN3O2S/c24-14-9-13-10-21(23-18-12-25-7-6-20(18)27-29-23)28-22(13)17(11-14)15-5-8-26-19-4-2-1-3-16(15)19;1-27-18-3-5-24-11-16(18)20(26-27)19-9-12-8-13(23)10-15(21(12)28-19)14-2-6-25-17-4-7-29-22(14)17;1-27-19(14-9-23-4-2-15(14)26-27)17-7-11-6-12(22)8-13(20(11)29-17)18-21-16(3-5-28-21)24-10-25-18;1-27-19(14-9-23-4-2-15(14)26-27)17-7-11-6-12(22)8-13(20(11)28-17)18-21-16(3-5-29-21)24-10-25-18;1-24(2)14-10-25(11-14)21(26)18-8-12-7-13(22)9-16(19(12)27-18)15-3-5-23-17-4-6-28-20(15)17/h1-5,8-9,11,21,25H,6-7,10,12H2;2,4,6-8,10,19,24H,3,5,9,11H2,1H3;2*3,5-6,8,10,17,23H,2,4,7,9H2,1H3;3-7,9,14,18H,8,10-11H2,1-2H3. The van der Waals surface area contributed by atoms with E-state index in [2.05, 4.69) is 77.7 Å². The van der Waals surface area contributed by atoms with Gasteiger partial charge < -0.3 is 63.7 Å². The molecule has 1 saturated heterocycles. The highest BCUT2D eigenvalue weighted by atomic mass is 35.5. The van der Waals surface area contributed by atoms with Crippen LogP contribution >= 0.6 is 92.0 Å². The first-order valence-corrected chi connectivity index (χ1v) is 52.6. The molecule has 19 aromatic rings. The number of nitrogens with one attached hydrogen (secondary N) is 4. The SMILES string of the molecule is CN(C)C1CN(C(=O)C2Cc3cc(Cl)cc(-c4ccnc5ccsc45)c3O2)C1.Clc1cc2c(c(-c3ccnc4ccccc34)c1)OC(c1onc3c1CNCC3)C2.Cn1nc(C2Cc3cc(Cl)cc(-c4ccnc5ccsc45)c3O2)c2c1CCNC2.Cn1nc2c(c1C1Cc3cc(Cl)cc(-c4ncnc5ccoc45)c3O1)CNCC2.Cn1nc2c(c1C1Cc3cc(Cl)cc(-c4ncnc5ccsc45)c3O1)CNCC2. The third-order valence-corrected chi connectivity index (χ3v) is 32.6. The molecule has 5 atom stereocenters. The van der Waals surface area contributed by atoms with Gasteiger partial charge in [-0.2, -0.15) is 15.3 Å². The van der Waals surface area contributed by atoms with Crippen LogP contribution in [-0.4, -0.2) is 151 Å². The van der Waals surface area contributed by atoms with Crippen molar-refractivity contribution in [3.8, 4) is 84.6 Å². The number of para-hydroxylation sites is 1. The van der Waals surface area contributed by atoms with Crippen LogP contribution in [0.2, 0.25) is 25.1 Å². The van der Waals surface area contributed by atoms with E-state index in [4.69, 9.17) is 106 Å². The average molecular weight is 2070 g/mol. The maximum atomic E-state index is 12.9. The third kappa shape index (κ3) is 17.0. The molecule has 0 aliphatic carbocycles. The van der Waals surface area contributed by atoms with Crippen LogP contribution in [0, 0.1) is 0 Å². The zero-order valence-electron chi connectivity index (χ0n) is 78.8. The van der Waals surface area contributed by atoms with Crippen molar-refractivity contribution in [2.24, 2.45) is 21.1 Å². The molecule has 6 aromatic carbocycles. The lowest BCUT2D eigenvalue weighted by Gasteiger charge is -2.43. The number of amides is 1. The van der Waals surface area contributed by atoms with Gasteiger partial charge in [-0.05, 0) is 139 Å². The number of benzene rings is 6. The summed E-state index contributed by atoms with van der Waals surface area (Å²) in [5.41, 5.74) is 33.1. The minimum Gasteiger partial charge on any atom is -0.483 e. The van der Waals surface area contributed by atoms with Crippen LogP contribution in [0.5, 0.6) is 28.7 Å². The summed E-state index contributed by atoms with van der Waals surface area (Å²) in [6.45, 7) is 8.66. The summed E-state index contributed by atoms with van der Waals surface area (Å²) in [6, 6.07) is 42.1. The number of likely N-dealkylation sites (N-methyl/N-ethyl adjacent to an activating group) is 1. The number of pyridine rings is 3. The van der Waals surface area contributed by atoms with Crippen molar-refractivity contribution >= 4 is 151 Å². The van der Waals surface area contributed by atoms with E-state index in [0.29, 0.717) is 50.3 Å². The molecule has 4 N–H and O–H groups in total. The molecule has 36 heteroatoms. The maximum absolute atomic E-state index is 12.9. The van der Waals surface area contributed by atoms with Gasteiger partial charge in [-0.3, -0.25) is 33.8 Å². The number of hydrogen-bond acceptors (Lipinski definition) is 27. The van der Waals surface area contributed by atoms with E-state index in [-0.39, 0.29) is 30.3 Å². The van der Waals surface area contributed by atoms with Crippen LogP contribution in [-0.2, 0) is 110 Å². The minimum absolute atomic E-state index is 0.0624. The summed E-state index contributed by atoms with van der Waals surface area (Å²) in [5.74, 6) is 5.11. The van der Waals surface area contributed by atoms with E-state index in [1.807, 2.05) is 199 Å². The number of fused-ring (bicyclic) bond motifs is 14. The van der Waals surface area contributed by atoms with Gasteiger partial charge >= 0.3 is 0 Å². The highest BCUT2D eigenvalue weighted by Crippen LogP contribution is 2.54. The molecule has 5 unspecified atom stereocenters. The van der Waals surface area contributed by atoms with Gasteiger partial charge in [0.15, 0.2) is 23.6 Å². The molecular formula is C108H93Cl5N20O8S3. The largest absolute Gasteiger partial charge is 0.483 e. The van der Waals surface area contributed by atoms with E-state index in [1.54, 1.807) is 52.8 Å². The Labute approximate surface area is 863 Å². The van der Waals surface area contributed by atoms with Gasteiger partial charge in [0.1, 0.15) is 76.6 Å². The normalized spacial score (nSPS) is 18.1. The number of aromatic nitrogens is 14. The zero-order valence-corrected chi connectivity index (χ0v) is 85.0. The highest BCUT2D eigenvalue weighted by Gasteiger charge is 2.44. The number of aryl methyl sites for hydroxylation is 3. The van der Waals surface area contributed by atoms with Crippen molar-refractivity contribution in [1.82, 2.24) is 100 Å². The number of furan rings is 1. The number of halogens is 5. The van der Waals surface area contributed by atoms with Crippen molar-refractivity contribution < 1.29 is 37.4 Å². The Hall–Kier alpha value is -12.8. The van der Waals surface area contributed by atoms with Crippen LogP contribution < -0.4 is 45.0 Å². The Balaban J connectivity index is 0.0000000942. The Morgan fingerprint density at radius 1 is 0.417 bits per heavy atom. The van der Waals surface area contributed by atoms with Crippen LogP contribution in [0.3, 0.4) is 0 Å². The Kier molecular flexibility index (Phi) is 24.5. The first-order valence-electron chi connectivity index (χ1n) is 48.1. The number of ether oxygens (including phenoxy) is 5. The molecule has 13 aromatic heterocycles. The minimum atomic E-state index is -0.476. The summed E-state index contributed by atoms with van der Waals surface area (Å²) < 4.78 is 52.9. The molecule has 0 bridgehead atoms. The van der Waals surface area contributed by atoms with E-state index < -0.39 is 6.10 Å². The third-order valence-electron chi connectivity index (χ3n) is 28.7. The summed E-state index contributed by atoms with van der Waals surface area (Å²) in [4.78, 5) is 48.0. The highest BCUT2D eigenvalue weighted by molar-refractivity contribution is 7.18. The zero-order chi connectivity index (χ0) is 97.4. The lowest BCUT2D eigenvalue weighted by molar-refractivity contribution is -0.144. The number of nitrogens with zero attached hydrogens (tertiary/aromatic N) is 16. The molecule has 29 rings (SSSR count). The molecule has 10 aliphatic heterocycles. The number of thiophene rings is 3. The molecule has 726 valence electrons. The van der Waals surface area contributed by atoms with Gasteiger partial charge in [0.05, 0.1) is 76.6 Å². The quantitative estimate of drug-likeness (QED) is 0.0935. The van der Waals surface area contributed by atoms with Crippen LogP contribution in [0.4, 0.5) is 0 Å². The van der Waals surface area contributed by atoms with Crippen molar-refractivity contribution in [2.75, 3.05) is 53.4 Å². The number of carbonyl (C=O) groups excluding carboxylic acids is 1. The monoisotopic (exact) mass is 2070 g/mol. The van der Waals surface area contributed by atoms with Crippen molar-refractivity contribution in [1.29, 1.82) is 0 Å². The molecule has 0 spiro atoms. The molecule has 0 radical (unpaired) electrons. The first-order chi connectivity index (χ1) is 70.3. The fourth-order valence-corrected chi connectivity index (χ4v) is 25.7. The number of likely N-dealkylation sites (tertiary alicyclic amines) is 1. The number of rotatable bonds is 11. The maximum Gasteiger partial charge on any atom is 0.264 e. The Bertz CT molecular complexity index is 8120. The second-order valence-corrected chi connectivity index (χ2v) is 42.6. The summed E-state index contributed by atoms with van der Waals surface area (Å²) >= 11 is 37.4. The molecule has 10 aliphatic rings. The summed E-state index contributed by atoms with van der Waals surface area (Å²) in [5, 5.41) is 43.0. The van der Waals surface area contributed by atoms with Crippen LogP contribution in [0.15, 0.2) is 190 Å². The van der Waals surface area contributed by atoms with E-state index >= 15 is 0 Å². The average Bonchev–Trinajstić information content (AvgIpc) is 1.60. The Morgan fingerprint density at radius 2 is 0.875 bits per heavy atom. The first kappa shape index (κ1) is 92.3. The van der Waals surface area contributed by atoms with Crippen molar-refractivity contribution in [2.45, 2.75) is 121 Å². The van der Waals surface area contributed by atoms with E-state index in [1.165, 1.54) is 34.4 Å². The van der Waals surface area contributed by atoms with E-state index in [0.717, 1.165) is 309 Å². The van der Waals surface area contributed by atoms with Crippen molar-refractivity contribution in [3.05, 3.63) is 302 Å².